The van der Waals surface area contributed by atoms with Crippen LogP contribution in [-0.2, 0) is 17.4 Å². The van der Waals surface area contributed by atoms with Crippen molar-refractivity contribution in [3.63, 3.8) is 0 Å². The first-order valence-corrected chi connectivity index (χ1v) is 8.13. The first-order valence-electron chi connectivity index (χ1n) is 8.13. The predicted octanol–water partition coefficient (Wildman–Crippen LogP) is 1.85. The maximum atomic E-state index is 12.9. The number of rotatable bonds is 4. The van der Waals surface area contributed by atoms with Crippen LogP contribution in [0.5, 0.6) is 5.75 Å². The van der Waals surface area contributed by atoms with Gasteiger partial charge in [0.05, 0.1) is 19.0 Å². The summed E-state index contributed by atoms with van der Waals surface area (Å²) in [5, 5.41) is 12.0. The Balaban J connectivity index is 1.89. The first-order chi connectivity index (χ1) is 12.3. The third-order valence-corrected chi connectivity index (χ3v) is 4.70. The number of hydrogen-bond donors (Lipinski definition) is 1. The van der Waals surface area contributed by atoms with Crippen molar-refractivity contribution in [1.82, 2.24) is 20.1 Å². The van der Waals surface area contributed by atoms with E-state index < -0.39 is 17.5 Å². The number of imide groups is 1. The van der Waals surface area contributed by atoms with Crippen molar-refractivity contribution in [3.8, 4) is 5.75 Å². The van der Waals surface area contributed by atoms with E-state index in [1.54, 1.807) is 43.0 Å². The van der Waals surface area contributed by atoms with Gasteiger partial charge in [0.2, 0.25) is 0 Å². The Morgan fingerprint density at radius 2 is 1.88 bits per heavy atom. The van der Waals surface area contributed by atoms with E-state index in [4.69, 9.17) is 4.74 Å². The number of benzene rings is 1. The van der Waals surface area contributed by atoms with Crippen molar-refractivity contribution >= 4 is 18.2 Å². The van der Waals surface area contributed by atoms with Crippen molar-refractivity contribution in [2.24, 2.45) is 12.1 Å². The van der Waals surface area contributed by atoms with Crippen LogP contribution in [0.15, 0.2) is 29.4 Å². The minimum absolute atomic E-state index is 0.442. The standard InChI is InChI=1S/C18H21N5O3/c1-11-15(12(2)22(4)21-11)10-19-23-16(24)18(3,20-17(23)25)13-6-8-14(26-5)9-7-13/h6-10H,1-5H3,(H,20,25)/t18-/m0/s1. The summed E-state index contributed by atoms with van der Waals surface area (Å²) in [6.07, 6.45) is 1.49. The molecule has 0 radical (unpaired) electrons. The molecule has 2 heterocycles. The summed E-state index contributed by atoms with van der Waals surface area (Å²) in [6, 6.07) is 6.42. The minimum atomic E-state index is -1.18. The van der Waals surface area contributed by atoms with Crippen molar-refractivity contribution < 1.29 is 14.3 Å². The smallest absolute Gasteiger partial charge is 0.346 e. The van der Waals surface area contributed by atoms with Crippen LogP contribution in [-0.4, -0.2) is 40.1 Å². The molecule has 1 aliphatic rings. The molecule has 1 aromatic carbocycles. The number of aryl methyl sites for hydroxylation is 2. The highest BCUT2D eigenvalue weighted by atomic mass is 16.5. The summed E-state index contributed by atoms with van der Waals surface area (Å²) < 4.78 is 6.86. The SMILES string of the molecule is COc1ccc([C@]2(C)NC(=O)N(N=Cc3c(C)nn(C)c3C)C2=O)cc1. The van der Waals surface area contributed by atoms with Gasteiger partial charge < -0.3 is 10.1 Å². The molecule has 1 atom stereocenters. The molecule has 1 fully saturated rings. The lowest BCUT2D eigenvalue weighted by atomic mass is 9.92. The highest BCUT2D eigenvalue weighted by Gasteiger charge is 2.49. The van der Waals surface area contributed by atoms with Gasteiger partial charge in [0.15, 0.2) is 0 Å². The Hall–Kier alpha value is -3.16. The maximum Gasteiger partial charge on any atom is 0.346 e. The molecular formula is C18H21N5O3. The molecule has 2 aromatic rings. The second-order valence-electron chi connectivity index (χ2n) is 6.35. The number of nitrogens with one attached hydrogen (secondary N) is 1. The molecule has 0 aliphatic carbocycles. The minimum Gasteiger partial charge on any atom is -0.497 e. The maximum absolute atomic E-state index is 12.9. The Labute approximate surface area is 151 Å². The number of amides is 3. The van der Waals surface area contributed by atoms with E-state index in [-0.39, 0.29) is 0 Å². The summed E-state index contributed by atoms with van der Waals surface area (Å²) in [6.45, 7) is 5.40. The third-order valence-electron chi connectivity index (χ3n) is 4.70. The van der Waals surface area contributed by atoms with E-state index in [1.807, 2.05) is 20.9 Å². The van der Waals surface area contributed by atoms with Gasteiger partial charge in [0.25, 0.3) is 5.91 Å². The molecule has 136 valence electrons. The van der Waals surface area contributed by atoms with Gasteiger partial charge in [0, 0.05) is 18.3 Å². The molecule has 3 amide bonds. The Morgan fingerprint density at radius 1 is 1.23 bits per heavy atom. The zero-order chi connectivity index (χ0) is 19.1. The predicted molar refractivity (Wildman–Crippen MR) is 96.0 cm³/mol. The molecule has 1 aliphatic heterocycles. The number of ether oxygens (including phenoxy) is 1. The normalized spacial score (nSPS) is 20.1. The quantitative estimate of drug-likeness (QED) is 0.669. The molecule has 3 rings (SSSR count). The number of carbonyl (C=O) groups excluding carboxylic acids is 2. The van der Waals surface area contributed by atoms with Crippen LogP contribution < -0.4 is 10.1 Å². The van der Waals surface area contributed by atoms with Gasteiger partial charge in [-0.3, -0.25) is 9.48 Å². The van der Waals surface area contributed by atoms with Crippen molar-refractivity contribution in [1.29, 1.82) is 0 Å². The van der Waals surface area contributed by atoms with Crippen LogP contribution in [0.2, 0.25) is 0 Å². The second kappa shape index (κ2) is 6.29. The van der Waals surface area contributed by atoms with Crippen molar-refractivity contribution in [2.75, 3.05) is 7.11 Å². The molecular weight excluding hydrogens is 334 g/mol. The van der Waals surface area contributed by atoms with Gasteiger partial charge in [-0.2, -0.15) is 10.2 Å². The summed E-state index contributed by atoms with van der Waals surface area (Å²) in [7, 11) is 3.40. The van der Waals surface area contributed by atoms with Crippen LogP contribution in [0.25, 0.3) is 0 Å². The van der Waals surface area contributed by atoms with Gasteiger partial charge in [0.1, 0.15) is 11.3 Å². The van der Waals surface area contributed by atoms with E-state index in [2.05, 4.69) is 15.5 Å². The number of methoxy groups -OCH3 is 1. The fourth-order valence-electron chi connectivity index (χ4n) is 2.94. The number of nitrogens with zero attached hydrogens (tertiary/aromatic N) is 4. The van der Waals surface area contributed by atoms with Gasteiger partial charge >= 0.3 is 6.03 Å². The zero-order valence-electron chi connectivity index (χ0n) is 15.4. The number of urea groups is 1. The van der Waals surface area contributed by atoms with Gasteiger partial charge in [-0.1, -0.05) is 12.1 Å². The number of carbonyl (C=O) groups is 2. The summed E-state index contributed by atoms with van der Waals surface area (Å²) in [5.41, 5.74) is 1.93. The molecule has 0 spiro atoms. The zero-order valence-corrected chi connectivity index (χ0v) is 15.4. The van der Waals surface area contributed by atoms with Crippen LogP contribution in [0.1, 0.15) is 29.4 Å². The molecule has 26 heavy (non-hydrogen) atoms. The third kappa shape index (κ3) is 2.73. The van der Waals surface area contributed by atoms with E-state index in [9.17, 15) is 9.59 Å². The van der Waals surface area contributed by atoms with Gasteiger partial charge in [-0.05, 0) is 38.5 Å². The Morgan fingerprint density at radius 3 is 2.42 bits per heavy atom. The van der Waals surface area contributed by atoms with Crippen LogP contribution in [0.3, 0.4) is 0 Å². The van der Waals surface area contributed by atoms with E-state index in [0.29, 0.717) is 11.3 Å². The fourth-order valence-corrected chi connectivity index (χ4v) is 2.94. The van der Waals surface area contributed by atoms with Crippen LogP contribution in [0.4, 0.5) is 4.79 Å². The monoisotopic (exact) mass is 355 g/mol. The second-order valence-corrected chi connectivity index (χ2v) is 6.35. The summed E-state index contributed by atoms with van der Waals surface area (Å²) in [5.74, 6) is 0.231. The van der Waals surface area contributed by atoms with Gasteiger partial charge in [-0.25, -0.2) is 4.79 Å². The average molecular weight is 355 g/mol. The molecule has 8 heteroatoms. The first kappa shape index (κ1) is 17.7. The molecule has 0 unspecified atom stereocenters. The highest BCUT2D eigenvalue weighted by molar-refractivity contribution is 6.07. The van der Waals surface area contributed by atoms with E-state index >= 15 is 0 Å². The summed E-state index contributed by atoms with van der Waals surface area (Å²) >= 11 is 0. The fraction of sp³-hybridized carbons (Fsp3) is 0.333. The van der Waals surface area contributed by atoms with Gasteiger partial charge in [-0.15, -0.1) is 5.01 Å². The lowest BCUT2D eigenvalue weighted by Gasteiger charge is -2.21. The number of aromatic nitrogens is 2. The average Bonchev–Trinajstić information content (AvgIpc) is 2.99. The van der Waals surface area contributed by atoms with E-state index in [1.165, 1.54) is 6.21 Å². The molecule has 8 nitrogen and oxygen atoms in total. The van der Waals surface area contributed by atoms with E-state index in [0.717, 1.165) is 22.0 Å². The van der Waals surface area contributed by atoms with Crippen molar-refractivity contribution in [2.45, 2.75) is 26.3 Å². The van der Waals surface area contributed by atoms with Crippen LogP contribution >= 0.6 is 0 Å². The largest absolute Gasteiger partial charge is 0.497 e. The number of hydrazone groups is 1. The topological polar surface area (TPSA) is 88.8 Å². The molecule has 1 N–H and O–H groups in total. The summed E-state index contributed by atoms with van der Waals surface area (Å²) in [4.78, 5) is 25.2. The molecule has 1 saturated heterocycles. The Kier molecular flexibility index (Phi) is 4.27. The number of hydrogen-bond acceptors (Lipinski definition) is 5. The Bertz CT molecular complexity index is 900. The highest BCUT2D eigenvalue weighted by Crippen LogP contribution is 2.30. The molecule has 0 saturated carbocycles. The molecule has 0 bridgehead atoms. The lowest BCUT2D eigenvalue weighted by molar-refractivity contribution is -0.131. The van der Waals surface area contributed by atoms with Crippen molar-refractivity contribution in [3.05, 3.63) is 46.8 Å². The lowest BCUT2D eigenvalue weighted by Crippen LogP contribution is -2.40. The molecule has 1 aromatic heterocycles. The van der Waals surface area contributed by atoms with Crippen LogP contribution in [0, 0.1) is 13.8 Å².